The molecule has 8 nitrogen and oxygen atoms in total. The van der Waals surface area contributed by atoms with Gasteiger partial charge in [0.05, 0.1) is 6.54 Å². The zero-order valence-corrected chi connectivity index (χ0v) is 14.6. The molecule has 0 saturated carbocycles. The molecule has 3 aliphatic rings. The van der Waals surface area contributed by atoms with E-state index >= 15 is 0 Å². The predicted molar refractivity (Wildman–Crippen MR) is 89.9 cm³/mol. The summed E-state index contributed by atoms with van der Waals surface area (Å²) in [5.74, 6) is 0.972. The van der Waals surface area contributed by atoms with Crippen LogP contribution < -0.4 is 5.32 Å². The van der Waals surface area contributed by atoms with Crippen molar-refractivity contribution in [1.82, 2.24) is 24.7 Å². The van der Waals surface area contributed by atoms with Gasteiger partial charge in [0, 0.05) is 58.5 Å². The van der Waals surface area contributed by atoms with E-state index in [0.29, 0.717) is 32.5 Å². The highest BCUT2D eigenvalue weighted by atomic mass is 16.5. The molecule has 3 aliphatic heterocycles. The van der Waals surface area contributed by atoms with Crippen LogP contribution in [0.3, 0.4) is 0 Å². The van der Waals surface area contributed by atoms with Crippen molar-refractivity contribution in [1.29, 1.82) is 0 Å². The van der Waals surface area contributed by atoms with Crippen molar-refractivity contribution in [2.45, 2.75) is 43.9 Å². The Kier molecular flexibility index (Phi) is 4.15. The SMILES string of the molecule is CNC(=O)N1CCC2(CC1)O[C@@H](C(=O)N1CCCC1)Cn1ccnc12. The highest BCUT2D eigenvalue weighted by Gasteiger charge is 2.48. The predicted octanol–water partition coefficient (Wildman–Crippen LogP) is 0.535. The Morgan fingerprint density at radius 2 is 1.92 bits per heavy atom. The van der Waals surface area contributed by atoms with Gasteiger partial charge in [0.2, 0.25) is 0 Å². The third kappa shape index (κ3) is 2.78. The van der Waals surface area contributed by atoms with Crippen LogP contribution in [0.2, 0.25) is 0 Å². The maximum Gasteiger partial charge on any atom is 0.317 e. The molecule has 0 aromatic carbocycles. The summed E-state index contributed by atoms with van der Waals surface area (Å²) in [7, 11) is 1.64. The maximum absolute atomic E-state index is 12.9. The Bertz CT molecular complexity index is 659. The van der Waals surface area contributed by atoms with E-state index in [4.69, 9.17) is 4.74 Å². The topological polar surface area (TPSA) is 79.7 Å². The number of imidazole rings is 1. The number of urea groups is 1. The summed E-state index contributed by atoms with van der Waals surface area (Å²) < 4.78 is 8.46. The third-order valence-corrected chi connectivity index (χ3v) is 5.62. The smallest absolute Gasteiger partial charge is 0.317 e. The van der Waals surface area contributed by atoms with Gasteiger partial charge in [-0.25, -0.2) is 9.78 Å². The fourth-order valence-electron chi connectivity index (χ4n) is 4.24. The van der Waals surface area contributed by atoms with Gasteiger partial charge in [-0.15, -0.1) is 0 Å². The molecule has 2 fully saturated rings. The van der Waals surface area contributed by atoms with E-state index < -0.39 is 11.7 Å². The zero-order chi connectivity index (χ0) is 17.4. The van der Waals surface area contributed by atoms with E-state index in [2.05, 4.69) is 14.9 Å². The van der Waals surface area contributed by atoms with Gasteiger partial charge in [0.1, 0.15) is 11.4 Å². The van der Waals surface area contributed by atoms with Gasteiger partial charge in [-0.3, -0.25) is 4.79 Å². The molecular weight excluding hydrogens is 322 g/mol. The van der Waals surface area contributed by atoms with Gasteiger partial charge < -0.3 is 24.4 Å². The van der Waals surface area contributed by atoms with Gasteiger partial charge in [0.25, 0.3) is 5.91 Å². The number of aromatic nitrogens is 2. The summed E-state index contributed by atoms with van der Waals surface area (Å²) >= 11 is 0. The first kappa shape index (κ1) is 16.4. The van der Waals surface area contributed by atoms with Crippen molar-refractivity contribution in [3.05, 3.63) is 18.2 Å². The van der Waals surface area contributed by atoms with E-state index in [-0.39, 0.29) is 11.9 Å². The molecule has 4 rings (SSSR count). The molecule has 25 heavy (non-hydrogen) atoms. The van der Waals surface area contributed by atoms with Crippen LogP contribution in [-0.2, 0) is 21.7 Å². The number of fused-ring (bicyclic) bond motifs is 2. The number of amides is 3. The lowest BCUT2D eigenvalue weighted by molar-refractivity contribution is -0.179. The van der Waals surface area contributed by atoms with Crippen LogP contribution in [0, 0.1) is 0 Å². The van der Waals surface area contributed by atoms with Crippen LogP contribution in [0.25, 0.3) is 0 Å². The van der Waals surface area contributed by atoms with Crippen molar-refractivity contribution in [2.24, 2.45) is 0 Å². The summed E-state index contributed by atoms with van der Waals surface area (Å²) in [5, 5.41) is 2.67. The third-order valence-electron chi connectivity index (χ3n) is 5.62. The Morgan fingerprint density at radius 3 is 2.60 bits per heavy atom. The molecular formula is C17H25N5O3. The van der Waals surface area contributed by atoms with Gasteiger partial charge in [-0.2, -0.15) is 0 Å². The second-order valence-electron chi connectivity index (χ2n) is 7.08. The Balaban J connectivity index is 1.55. The second-order valence-corrected chi connectivity index (χ2v) is 7.08. The number of nitrogens with zero attached hydrogens (tertiary/aromatic N) is 4. The van der Waals surface area contributed by atoms with Crippen molar-refractivity contribution in [3.63, 3.8) is 0 Å². The monoisotopic (exact) mass is 347 g/mol. The summed E-state index contributed by atoms with van der Waals surface area (Å²) in [6.07, 6.45) is 6.68. The molecule has 0 aliphatic carbocycles. The maximum atomic E-state index is 12.9. The lowest BCUT2D eigenvalue weighted by atomic mass is 9.88. The summed E-state index contributed by atoms with van der Waals surface area (Å²) in [6, 6.07) is -0.0707. The molecule has 1 aromatic rings. The molecule has 1 aromatic heterocycles. The van der Waals surface area contributed by atoms with E-state index in [1.165, 1.54) is 0 Å². The van der Waals surface area contributed by atoms with Gasteiger partial charge in [-0.05, 0) is 12.8 Å². The minimum Gasteiger partial charge on any atom is -0.352 e. The molecule has 4 heterocycles. The fraction of sp³-hybridized carbons (Fsp3) is 0.706. The van der Waals surface area contributed by atoms with Crippen molar-refractivity contribution < 1.29 is 14.3 Å². The second kappa shape index (κ2) is 6.33. The molecule has 0 radical (unpaired) electrons. The largest absolute Gasteiger partial charge is 0.352 e. The number of ether oxygens (including phenoxy) is 1. The number of nitrogens with one attached hydrogen (secondary N) is 1. The summed E-state index contributed by atoms with van der Waals surface area (Å²) in [4.78, 5) is 33.0. The average Bonchev–Trinajstić information content (AvgIpc) is 3.33. The summed E-state index contributed by atoms with van der Waals surface area (Å²) in [6.45, 7) is 3.36. The van der Waals surface area contributed by atoms with Crippen LogP contribution in [0.1, 0.15) is 31.5 Å². The highest BCUT2D eigenvalue weighted by Crippen LogP contribution is 2.40. The number of likely N-dealkylation sites (tertiary alicyclic amines) is 2. The zero-order valence-electron chi connectivity index (χ0n) is 14.6. The number of hydrogen-bond acceptors (Lipinski definition) is 4. The first-order chi connectivity index (χ1) is 12.1. The standard InChI is InChI=1S/C17H25N5O3/c1-18-16(24)21-9-4-17(5-10-21)15-19-6-11-22(15)12-13(25-17)14(23)20-7-2-3-8-20/h6,11,13H,2-5,7-10,12H2,1H3,(H,18,24)/t13-/m1/s1. The first-order valence-corrected chi connectivity index (χ1v) is 9.08. The highest BCUT2D eigenvalue weighted by molar-refractivity contribution is 5.81. The van der Waals surface area contributed by atoms with Crippen molar-refractivity contribution in [3.8, 4) is 0 Å². The number of carbonyl (C=O) groups excluding carboxylic acids is 2. The summed E-state index contributed by atoms with van der Waals surface area (Å²) in [5.41, 5.74) is -0.577. The minimum absolute atomic E-state index is 0.0707. The van der Waals surface area contributed by atoms with E-state index in [9.17, 15) is 9.59 Å². The van der Waals surface area contributed by atoms with E-state index in [1.807, 2.05) is 11.1 Å². The van der Waals surface area contributed by atoms with Crippen molar-refractivity contribution >= 4 is 11.9 Å². The number of piperidine rings is 1. The number of hydrogen-bond donors (Lipinski definition) is 1. The molecule has 136 valence electrons. The normalized spacial score (nSPS) is 25.1. The molecule has 3 amide bonds. The van der Waals surface area contributed by atoms with Gasteiger partial charge in [-0.1, -0.05) is 0 Å². The lowest BCUT2D eigenvalue weighted by Crippen LogP contribution is -2.55. The molecule has 0 bridgehead atoms. The average molecular weight is 347 g/mol. The molecule has 8 heteroatoms. The molecule has 1 spiro atoms. The van der Waals surface area contributed by atoms with Gasteiger partial charge >= 0.3 is 6.03 Å². The molecule has 1 N–H and O–H groups in total. The van der Waals surface area contributed by atoms with Crippen molar-refractivity contribution in [2.75, 3.05) is 33.2 Å². The van der Waals surface area contributed by atoms with E-state index in [0.717, 1.165) is 31.8 Å². The van der Waals surface area contributed by atoms with Crippen LogP contribution in [0.5, 0.6) is 0 Å². The van der Waals surface area contributed by atoms with Crippen LogP contribution in [-0.4, -0.2) is 70.6 Å². The molecule has 1 atom stereocenters. The van der Waals surface area contributed by atoms with E-state index in [1.54, 1.807) is 18.1 Å². The fourth-order valence-corrected chi connectivity index (χ4v) is 4.24. The molecule has 2 saturated heterocycles. The van der Waals surface area contributed by atoms with Crippen LogP contribution in [0.15, 0.2) is 12.4 Å². The lowest BCUT2D eigenvalue weighted by Gasteiger charge is -2.45. The minimum atomic E-state index is -0.577. The van der Waals surface area contributed by atoms with Gasteiger partial charge in [0.15, 0.2) is 6.10 Å². The van der Waals surface area contributed by atoms with Crippen LogP contribution in [0.4, 0.5) is 4.79 Å². The Hall–Kier alpha value is -2.09. The Labute approximate surface area is 147 Å². The first-order valence-electron chi connectivity index (χ1n) is 9.08. The Morgan fingerprint density at radius 1 is 1.20 bits per heavy atom. The van der Waals surface area contributed by atoms with Crippen LogP contribution >= 0.6 is 0 Å². The quantitative estimate of drug-likeness (QED) is 0.804. The molecule has 0 unspecified atom stereocenters. The number of carbonyl (C=O) groups is 2. The number of rotatable bonds is 1.